The summed E-state index contributed by atoms with van der Waals surface area (Å²) < 4.78 is 0. The number of pyridine rings is 1. The minimum absolute atomic E-state index is 0.181. The molecule has 0 atom stereocenters. The van der Waals surface area contributed by atoms with E-state index in [1.165, 1.54) is 11.8 Å². The van der Waals surface area contributed by atoms with Gasteiger partial charge in [0.1, 0.15) is 0 Å². The summed E-state index contributed by atoms with van der Waals surface area (Å²) >= 11 is 13.6. The van der Waals surface area contributed by atoms with E-state index in [1.54, 1.807) is 42.6 Å². The predicted octanol–water partition coefficient (Wildman–Crippen LogP) is 5.72. The highest BCUT2D eigenvalue weighted by Crippen LogP contribution is 2.42. The number of benzene rings is 2. The van der Waals surface area contributed by atoms with Crippen LogP contribution in [-0.4, -0.2) is 21.8 Å². The highest BCUT2D eigenvalue weighted by atomic mass is 35.5. The van der Waals surface area contributed by atoms with E-state index in [0.29, 0.717) is 27.1 Å². The fourth-order valence-corrected chi connectivity index (χ4v) is 4.00. The van der Waals surface area contributed by atoms with Crippen molar-refractivity contribution in [1.29, 1.82) is 0 Å². The quantitative estimate of drug-likeness (QED) is 0.467. The number of carboxylic acids is 1. The van der Waals surface area contributed by atoms with Gasteiger partial charge in [-0.15, -0.1) is 0 Å². The molecule has 1 aliphatic rings. The van der Waals surface area contributed by atoms with Gasteiger partial charge in [0.05, 0.1) is 27.7 Å². The zero-order valence-corrected chi connectivity index (χ0v) is 15.4. The molecule has 1 aromatic heterocycles. The van der Waals surface area contributed by atoms with Crippen LogP contribution in [0.3, 0.4) is 0 Å². The van der Waals surface area contributed by atoms with Crippen molar-refractivity contribution in [3.05, 3.63) is 81.6 Å². The SMILES string of the molecule is O=C(O)c1ccc2c(c1)N=C(c1ccc(Cl)cn1)c1ccc(Cl)cc1S2. The third-order valence-corrected chi connectivity index (χ3v) is 5.41. The number of carbonyl (C=O) groups is 1. The smallest absolute Gasteiger partial charge is 0.335 e. The van der Waals surface area contributed by atoms with Gasteiger partial charge < -0.3 is 5.11 Å². The number of rotatable bonds is 2. The van der Waals surface area contributed by atoms with E-state index in [1.807, 2.05) is 12.1 Å². The molecule has 1 N–H and O–H groups in total. The van der Waals surface area contributed by atoms with Gasteiger partial charge in [-0.25, -0.2) is 9.79 Å². The number of aliphatic imine (C=N–C) groups is 1. The lowest BCUT2D eigenvalue weighted by atomic mass is 10.1. The molecule has 2 heterocycles. The molecule has 0 radical (unpaired) electrons. The van der Waals surface area contributed by atoms with Crippen molar-refractivity contribution >= 4 is 52.3 Å². The zero-order valence-electron chi connectivity index (χ0n) is 13.1. The molecule has 3 aromatic rings. The summed E-state index contributed by atoms with van der Waals surface area (Å²) in [5.41, 5.74) is 2.92. The maximum atomic E-state index is 11.3. The molecule has 1 aliphatic heterocycles. The van der Waals surface area contributed by atoms with Gasteiger partial charge in [0.2, 0.25) is 0 Å². The van der Waals surface area contributed by atoms with Gasteiger partial charge in [-0.1, -0.05) is 41.0 Å². The Morgan fingerprint density at radius 2 is 1.77 bits per heavy atom. The third kappa shape index (κ3) is 3.21. The molecule has 0 saturated heterocycles. The van der Waals surface area contributed by atoms with E-state index in [4.69, 9.17) is 28.2 Å². The lowest BCUT2D eigenvalue weighted by Crippen LogP contribution is -2.06. The lowest BCUT2D eigenvalue weighted by molar-refractivity contribution is 0.0697. The van der Waals surface area contributed by atoms with Crippen molar-refractivity contribution in [3.63, 3.8) is 0 Å². The minimum Gasteiger partial charge on any atom is -0.478 e. The molecule has 4 rings (SSSR count). The zero-order chi connectivity index (χ0) is 18.3. The Labute approximate surface area is 163 Å². The molecule has 0 amide bonds. The van der Waals surface area contributed by atoms with Gasteiger partial charge in [0, 0.05) is 26.6 Å². The van der Waals surface area contributed by atoms with Crippen LogP contribution in [0.1, 0.15) is 21.6 Å². The summed E-state index contributed by atoms with van der Waals surface area (Å²) in [6, 6.07) is 14.0. The van der Waals surface area contributed by atoms with E-state index >= 15 is 0 Å². The predicted molar refractivity (Wildman–Crippen MR) is 104 cm³/mol. The molecule has 26 heavy (non-hydrogen) atoms. The third-order valence-electron chi connectivity index (χ3n) is 3.83. The van der Waals surface area contributed by atoms with Crippen molar-refractivity contribution in [3.8, 4) is 0 Å². The van der Waals surface area contributed by atoms with E-state index < -0.39 is 5.97 Å². The molecule has 128 valence electrons. The molecule has 0 saturated carbocycles. The van der Waals surface area contributed by atoms with E-state index in [-0.39, 0.29) is 5.56 Å². The Balaban J connectivity index is 1.97. The highest BCUT2D eigenvalue weighted by molar-refractivity contribution is 7.99. The average molecular weight is 401 g/mol. The molecular weight excluding hydrogens is 391 g/mol. The van der Waals surface area contributed by atoms with Crippen LogP contribution >= 0.6 is 35.0 Å². The van der Waals surface area contributed by atoms with Crippen molar-refractivity contribution in [2.75, 3.05) is 0 Å². The first-order chi connectivity index (χ1) is 12.5. The Morgan fingerprint density at radius 3 is 2.50 bits per heavy atom. The van der Waals surface area contributed by atoms with Gasteiger partial charge in [-0.05, 0) is 42.5 Å². The van der Waals surface area contributed by atoms with Crippen molar-refractivity contribution < 1.29 is 9.90 Å². The Bertz CT molecular complexity index is 1070. The minimum atomic E-state index is -0.996. The summed E-state index contributed by atoms with van der Waals surface area (Å²) in [6.45, 7) is 0. The normalized spacial score (nSPS) is 12.6. The molecule has 7 heteroatoms. The van der Waals surface area contributed by atoms with Crippen molar-refractivity contribution in [2.24, 2.45) is 4.99 Å². The van der Waals surface area contributed by atoms with Crippen LogP contribution in [0.25, 0.3) is 0 Å². The van der Waals surface area contributed by atoms with E-state index in [0.717, 1.165) is 15.4 Å². The molecule has 0 bridgehead atoms. The van der Waals surface area contributed by atoms with Crippen LogP contribution in [0, 0.1) is 0 Å². The molecule has 2 aromatic carbocycles. The Kier molecular flexibility index (Phi) is 4.44. The second-order valence-corrected chi connectivity index (χ2v) is 7.51. The van der Waals surface area contributed by atoms with Crippen LogP contribution in [0.4, 0.5) is 5.69 Å². The summed E-state index contributed by atoms with van der Waals surface area (Å²) in [5.74, 6) is -0.996. The standard InChI is InChI=1S/C19H10Cl2N2O2S/c20-11-2-4-13-17(8-11)26-16-6-1-10(19(24)25)7-15(16)23-18(13)14-5-3-12(21)9-22-14/h1-9H,(H,24,25). The highest BCUT2D eigenvalue weighted by Gasteiger charge is 2.21. The van der Waals surface area contributed by atoms with Gasteiger partial charge in [0.25, 0.3) is 0 Å². The van der Waals surface area contributed by atoms with E-state index in [9.17, 15) is 9.90 Å². The number of nitrogens with zero attached hydrogens (tertiary/aromatic N) is 2. The number of fused-ring (bicyclic) bond motifs is 2. The molecule has 4 nitrogen and oxygen atoms in total. The largest absolute Gasteiger partial charge is 0.478 e. The van der Waals surface area contributed by atoms with Crippen LogP contribution in [-0.2, 0) is 0 Å². The summed E-state index contributed by atoms with van der Waals surface area (Å²) in [7, 11) is 0. The van der Waals surface area contributed by atoms with E-state index in [2.05, 4.69) is 4.98 Å². The molecule has 0 fully saturated rings. The fraction of sp³-hybridized carbons (Fsp3) is 0. The second kappa shape index (κ2) is 6.76. The number of hydrogen-bond acceptors (Lipinski definition) is 4. The van der Waals surface area contributed by atoms with Crippen LogP contribution in [0.2, 0.25) is 10.0 Å². The molecule has 0 unspecified atom stereocenters. The van der Waals surface area contributed by atoms with Gasteiger partial charge in [-0.2, -0.15) is 0 Å². The monoisotopic (exact) mass is 400 g/mol. The van der Waals surface area contributed by atoms with Crippen LogP contribution < -0.4 is 0 Å². The van der Waals surface area contributed by atoms with Gasteiger partial charge in [-0.3, -0.25) is 4.98 Å². The Morgan fingerprint density at radius 1 is 0.962 bits per heavy atom. The van der Waals surface area contributed by atoms with Crippen molar-refractivity contribution in [2.45, 2.75) is 9.79 Å². The molecular formula is C19H10Cl2N2O2S. The summed E-state index contributed by atoms with van der Waals surface area (Å²) in [5, 5.41) is 10.4. The van der Waals surface area contributed by atoms with Crippen LogP contribution in [0.5, 0.6) is 0 Å². The number of aromatic nitrogens is 1. The number of aromatic carboxylic acids is 1. The Hall–Kier alpha value is -2.34. The molecule has 0 aliphatic carbocycles. The first-order valence-electron chi connectivity index (χ1n) is 7.57. The number of halogens is 2. The first kappa shape index (κ1) is 17.1. The van der Waals surface area contributed by atoms with Gasteiger partial charge in [0.15, 0.2) is 0 Å². The fourth-order valence-electron chi connectivity index (χ4n) is 2.61. The maximum absolute atomic E-state index is 11.3. The number of carboxylic acid groups (broad SMARTS) is 1. The summed E-state index contributed by atoms with van der Waals surface area (Å²) in [4.78, 5) is 22.2. The summed E-state index contributed by atoms with van der Waals surface area (Å²) in [6.07, 6.45) is 1.56. The lowest BCUT2D eigenvalue weighted by Gasteiger charge is -2.09. The average Bonchev–Trinajstić information content (AvgIpc) is 2.77. The topological polar surface area (TPSA) is 62.5 Å². The first-order valence-corrected chi connectivity index (χ1v) is 9.14. The second-order valence-electron chi connectivity index (χ2n) is 5.55. The van der Waals surface area contributed by atoms with Crippen molar-refractivity contribution in [1.82, 2.24) is 4.98 Å². The molecule has 0 spiro atoms. The maximum Gasteiger partial charge on any atom is 0.335 e. The van der Waals surface area contributed by atoms with Crippen LogP contribution in [0.15, 0.2) is 69.5 Å². The van der Waals surface area contributed by atoms with Gasteiger partial charge >= 0.3 is 5.97 Å². The number of hydrogen-bond donors (Lipinski definition) is 1.